The fraction of sp³-hybridized carbons (Fsp3) is 0.432. The summed E-state index contributed by atoms with van der Waals surface area (Å²) in [5.74, 6) is -0.878. The average molecular weight is 735 g/mol. The van der Waals surface area contributed by atoms with Gasteiger partial charge in [-0.3, -0.25) is 14.4 Å². The van der Waals surface area contributed by atoms with Crippen LogP contribution in [0.4, 0.5) is 18.9 Å². The van der Waals surface area contributed by atoms with Gasteiger partial charge in [0.15, 0.2) is 5.69 Å². The van der Waals surface area contributed by atoms with E-state index in [1.165, 1.54) is 24.3 Å². The minimum Gasteiger partial charge on any atom is -0.349 e. The lowest BCUT2D eigenvalue weighted by atomic mass is 9.81. The quantitative estimate of drug-likeness (QED) is 0.118. The van der Waals surface area contributed by atoms with Crippen LogP contribution in [0.15, 0.2) is 60.7 Å². The van der Waals surface area contributed by atoms with Crippen molar-refractivity contribution >= 4 is 23.4 Å². The molecule has 2 heterocycles. The smallest absolute Gasteiger partial charge is 0.349 e. The van der Waals surface area contributed by atoms with E-state index in [9.17, 15) is 27.6 Å². The molecule has 0 spiro atoms. The van der Waals surface area contributed by atoms with Crippen LogP contribution in [-0.4, -0.2) is 87.0 Å². The van der Waals surface area contributed by atoms with E-state index in [0.29, 0.717) is 54.5 Å². The Morgan fingerprint density at radius 1 is 0.943 bits per heavy atom. The number of carbonyl (C=O) groups is 3. The predicted molar refractivity (Wildman–Crippen MR) is 193 cm³/mol. The Bertz CT molecular complexity index is 1810. The molecule has 53 heavy (non-hydrogen) atoms. The third-order valence-corrected chi connectivity index (χ3v) is 9.65. The van der Waals surface area contributed by atoms with Crippen LogP contribution in [0.1, 0.15) is 61.3 Å². The Morgan fingerprint density at radius 2 is 1.62 bits per heavy atom. The average Bonchev–Trinajstić information content (AvgIpc) is 3.71. The Morgan fingerprint density at radius 3 is 2.23 bits per heavy atom. The zero-order valence-electron chi connectivity index (χ0n) is 29.7. The Balaban J connectivity index is 1.32. The van der Waals surface area contributed by atoms with E-state index < -0.39 is 29.7 Å². The number of halogens is 3. The molecule has 6 N–H and O–H groups in total. The summed E-state index contributed by atoms with van der Waals surface area (Å²) in [6.07, 6.45) is -1.76. The second-order valence-corrected chi connectivity index (χ2v) is 13.1. The molecule has 1 aliphatic rings. The number of H-pyrrole nitrogens is 1. The van der Waals surface area contributed by atoms with Crippen LogP contribution < -0.4 is 21.7 Å². The molecule has 0 aliphatic heterocycles. The van der Waals surface area contributed by atoms with Crippen molar-refractivity contribution in [2.45, 2.75) is 58.2 Å². The summed E-state index contributed by atoms with van der Waals surface area (Å²) in [7, 11) is 0. The van der Waals surface area contributed by atoms with Crippen LogP contribution in [0.3, 0.4) is 0 Å². The van der Waals surface area contributed by atoms with Crippen molar-refractivity contribution in [1.29, 1.82) is 0 Å². The number of tetrazole rings is 1. The number of nitrogens with zero attached hydrogens (tertiary/aromatic N) is 5. The van der Waals surface area contributed by atoms with Crippen molar-refractivity contribution in [3.8, 4) is 22.5 Å². The van der Waals surface area contributed by atoms with E-state index >= 15 is 0 Å². The SMILES string of the molecule is CCN(CC)CCNC(=O)c1ccc(-c2ccc(C[C@H](NC(=O)C3CCC(CN)CC3)C(=O)Nc3ccc(-c4nn[nH]n4)cc3)cc2)c(C(F)(F)F)n1. The van der Waals surface area contributed by atoms with E-state index in [2.05, 4.69) is 46.5 Å². The summed E-state index contributed by atoms with van der Waals surface area (Å²) < 4.78 is 42.8. The van der Waals surface area contributed by atoms with Gasteiger partial charge in [0, 0.05) is 42.2 Å². The minimum absolute atomic E-state index is 0.0773. The number of nitrogens with two attached hydrogens (primary N) is 1. The van der Waals surface area contributed by atoms with Crippen molar-refractivity contribution in [3.63, 3.8) is 0 Å². The van der Waals surface area contributed by atoms with Crippen molar-refractivity contribution in [1.82, 2.24) is 41.1 Å². The number of benzene rings is 2. The van der Waals surface area contributed by atoms with Crippen molar-refractivity contribution in [3.05, 3.63) is 77.6 Å². The van der Waals surface area contributed by atoms with Crippen molar-refractivity contribution in [2.75, 3.05) is 38.0 Å². The zero-order valence-corrected chi connectivity index (χ0v) is 29.7. The first-order valence-electron chi connectivity index (χ1n) is 17.8. The molecule has 0 bridgehead atoms. The van der Waals surface area contributed by atoms with Crippen LogP contribution in [0.5, 0.6) is 0 Å². The van der Waals surface area contributed by atoms with Gasteiger partial charge < -0.3 is 26.6 Å². The normalized spacial score (nSPS) is 16.6. The number of aromatic amines is 1. The first-order chi connectivity index (χ1) is 25.5. The van der Waals surface area contributed by atoms with Crippen molar-refractivity contribution < 1.29 is 27.6 Å². The lowest BCUT2D eigenvalue weighted by molar-refractivity contribution is -0.140. The highest BCUT2D eigenvalue weighted by Gasteiger charge is 2.37. The Hall–Kier alpha value is -5.22. The van der Waals surface area contributed by atoms with Crippen LogP contribution in [0, 0.1) is 11.8 Å². The third kappa shape index (κ3) is 10.4. The van der Waals surface area contributed by atoms with Gasteiger partial charge in [-0.2, -0.15) is 18.4 Å². The van der Waals surface area contributed by atoms with Gasteiger partial charge in [-0.05, 0) is 104 Å². The molecule has 0 radical (unpaired) electrons. The maximum Gasteiger partial charge on any atom is 0.433 e. The van der Waals surface area contributed by atoms with Gasteiger partial charge >= 0.3 is 6.18 Å². The molecule has 282 valence electrons. The molecule has 16 heteroatoms. The maximum atomic E-state index is 14.3. The van der Waals surface area contributed by atoms with Gasteiger partial charge in [0.05, 0.1) is 0 Å². The summed E-state index contributed by atoms with van der Waals surface area (Å²) in [4.78, 5) is 45.5. The highest BCUT2D eigenvalue weighted by Crippen LogP contribution is 2.36. The number of pyridine rings is 1. The van der Waals surface area contributed by atoms with Gasteiger partial charge in [-0.1, -0.05) is 38.1 Å². The minimum atomic E-state index is -4.83. The van der Waals surface area contributed by atoms with Crippen LogP contribution >= 0.6 is 0 Å². The number of carbonyl (C=O) groups excluding carboxylic acids is 3. The third-order valence-electron chi connectivity index (χ3n) is 9.65. The number of nitrogens with one attached hydrogen (secondary N) is 4. The highest BCUT2D eigenvalue weighted by molar-refractivity contribution is 5.98. The number of hydrogen-bond acceptors (Lipinski definition) is 9. The van der Waals surface area contributed by atoms with E-state index in [1.807, 2.05) is 13.8 Å². The molecular weight excluding hydrogens is 689 g/mol. The molecule has 1 aliphatic carbocycles. The molecule has 1 atom stereocenters. The van der Waals surface area contributed by atoms with E-state index in [-0.39, 0.29) is 41.6 Å². The second-order valence-electron chi connectivity index (χ2n) is 13.1. The van der Waals surface area contributed by atoms with Gasteiger partial charge in [0.2, 0.25) is 17.6 Å². The van der Waals surface area contributed by atoms with Crippen LogP contribution in [0.25, 0.3) is 22.5 Å². The van der Waals surface area contributed by atoms with Crippen LogP contribution in [0.2, 0.25) is 0 Å². The fourth-order valence-electron chi connectivity index (χ4n) is 6.42. The second kappa shape index (κ2) is 18.0. The number of likely N-dealkylation sites (N-methyl/N-ethyl adjacent to an activating group) is 1. The number of aromatic nitrogens is 5. The molecule has 4 aromatic rings. The molecule has 13 nitrogen and oxygen atoms in total. The first-order valence-corrected chi connectivity index (χ1v) is 17.8. The number of rotatable bonds is 15. The zero-order chi connectivity index (χ0) is 38.0. The number of amides is 3. The Labute approximate surface area is 305 Å². The first kappa shape index (κ1) is 39.0. The van der Waals surface area contributed by atoms with Gasteiger partial charge in [0.25, 0.3) is 5.91 Å². The highest BCUT2D eigenvalue weighted by atomic mass is 19.4. The predicted octanol–water partition coefficient (Wildman–Crippen LogP) is 4.45. The summed E-state index contributed by atoms with van der Waals surface area (Å²) in [5.41, 5.74) is 6.13. The molecule has 1 fully saturated rings. The lowest BCUT2D eigenvalue weighted by Crippen LogP contribution is -2.48. The van der Waals surface area contributed by atoms with E-state index in [0.717, 1.165) is 25.9 Å². The number of hydrogen-bond donors (Lipinski definition) is 5. The fourth-order valence-corrected chi connectivity index (χ4v) is 6.42. The number of alkyl halides is 3. The molecular formula is C37H45F3N10O3. The molecule has 2 aromatic carbocycles. The summed E-state index contributed by atoms with van der Waals surface area (Å²) in [5, 5.41) is 22.3. The largest absolute Gasteiger partial charge is 0.433 e. The molecule has 0 saturated heterocycles. The maximum absolute atomic E-state index is 14.3. The topological polar surface area (TPSA) is 184 Å². The Kier molecular flexibility index (Phi) is 13.3. The molecule has 0 unspecified atom stereocenters. The molecule has 3 amide bonds. The summed E-state index contributed by atoms with van der Waals surface area (Å²) in [6, 6.07) is 14.6. The molecule has 1 saturated carbocycles. The van der Waals surface area contributed by atoms with Crippen LogP contribution in [-0.2, 0) is 22.2 Å². The summed E-state index contributed by atoms with van der Waals surface area (Å²) in [6.45, 7) is 6.94. The van der Waals surface area contributed by atoms with Gasteiger partial charge in [-0.25, -0.2) is 4.98 Å². The standard InChI is InChI=1S/C37H45F3N10O3/c1-3-50(4-2)20-19-42-35(52)30-18-17-29(32(44-30)37(38,39)40)25-9-5-23(6-10-25)21-31(45-34(51)27-11-7-24(22-41)8-12-27)36(53)43-28-15-13-26(14-16-28)33-46-48-49-47-33/h5-6,9-10,13-18,24,27,31H,3-4,7-8,11-12,19-22,41H2,1-2H3,(H,42,52)(H,43,53)(H,45,51)(H,46,47,48,49)/t24?,27?,31-/m0/s1. The van der Waals surface area contributed by atoms with Crippen molar-refractivity contribution in [2.24, 2.45) is 17.6 Å². The number of anilines is 1. The molecule has 2 aromatic heterocycles. The monoisotopic (exact) mass is 734 g/mol. The lowest BCUT2D eigenvalue weighted by Gasteiger charge is -2.28. The molecule has 5 rings (SSSR count). The summed E-state index contributed by atoms with van der Waals surface area (Å²) >= 11 is 0. The van der Waals surface area contributed by atoms with E-state index in [4.69, 9.17) is 5.73 Å². The van der Waals surface area contributed by atoms with Gasteiger partial charge in [0.1, 0.15) is 11.7 Å². The van der Waals surface area contributed by atoms with E-state index in [1.54, 1.807) is 36.4 Å². The van der Waals surface area contributed by atoms with Gasteiger partial charge in [-0.15, -0.1) is 10.2 Å².